The van der Waals surface area contributed by atoms with Gasteiger partial charge in [0.2, 0.25) is 5.96 Å². The third kappa shape index (κ3) is 3.73. The van der Waals surface area contributed by atoms with Gasteiger partial charge in [0.15, 0.2) is 0 Å². The van der Waals surface area contributed by atoms with Gasteiger partial charge in [0.1, 0.15) is 5.17 Å². The highest BCUT2D eigenvalue weighted by molar-refractivity contribution is 6.69. The van der Waals surface area contributed by atoms with Crippen molar-refractivity contribution in [1.29, 1.82) is 0 Å². The van der Waals surface area contributed by atoms with E-state index in [1.165, 1.54) is 13.1 Å². The van der Waals surface area contributed by atoms with E-state index in [1.807, 2.05) is 0 Å². The fourth-order valence-corrected chi connectivity index (χ4v) is 0.292. The molecule has 0 rings (SSSR count). The van der Waals surface area contributed by atoms with Crippen LogP contribution >= 0.6 is 11.6 Å². The Morgan fingerprint density at radius 1 is 1.78 bits per heavy atom. The molecule has 0 saturated heterocycles. The Hall–Kier alpha value is -0.830. The number of allylic oxidation sites excluding steroid dienone is 1. The number of guanidine groups is 1. The maximum atomic E-state index is 5.41. The molecule has 3 nitrogen and oxygen atoms in total. The van der Waals surface area contributed by atoms with Gasteiger partial charge in [-0.25, -0.2) is 4.99 Å². The molecule has 9 heavy (non-hydrogen) atoms. The van der Waals surface area contributed by atoms with Crippen LogP contribution in [0.25, 0.3) is 0 Å². The SMILES string of the molecule is C=C/C(Cl)=N\C(N)=NC. The Labute approximate surface area is 58.9 Å². The van der Waals surface area contributed by atoms with Crippen LogP contribution in [0.2, 0.25) is 0 Å². The fourth-order valence-electron chi connectivity index (χ4n) is 0.205. The van der Waals surface area contributed by atoms with Crippen molar-refractivity contribution in [2.45, 2.75) is 0 Å². The molecular weight excluding hydrogens is 138 g/mol. The summed E-state index contributed by atoms with van der Waals surface area (Å²) in [7, 11) is 1.53. The first-order chi connectivity index (χ1) is 4.20. The van der Waals surface area contributed by atoms with Crippen LogP contribution in [0.1, 0.15) is 0 Å². The fraction of sp³-hybridized carbons (Fsp3) is 0.200. The van der Waals surface area contributed by atoms with Crippen molar-refractivity contribution in [3.63, 3.8) is 0 Å². The van der Waals surface area contributed by atoms with Crippen molar-refractivity contribution in [1.82, 2.24) is 0 Å². The van der Waals surface area contributed by atoms with Gasteiger partial charge in [-0.2, -0.15) is 0 Å². The minimum absolute atomic E-state index is 0.153. The van der Waals surface area contributed by atoms with E-state index in [-0.39, 0.29) is 11.1 Å². The van der Waals surface area contributed by atoms with Gasteiger partial charge in [-0.1, -0.05) is 18.2 Å². The maximum absolute atomic E-state index is 5.41. The van der Waals surface area contributed by atoms with Gasteiger partial charge in [-0.3, -0.25) is 4.99 Å². The highest BCUT2D eigenvalue weighted by Crippen LogP contribution is 1.85. The van der Waals surface area contributed by atoms with Crippen LogP contribution in [0, 0.1) is 0 Å². The van der Waals surface area contributed by atoms with E-state index in [1.54, 1.807) is 0 Å². The smallest absolute Gasteiger partial charge is 0.216 e. The molecule has 0 spiro atoms. The van der Waals surface area contributed by atoms with E-state index < -0.39 is 0 Å². The van der Waals surface area contributed by atoms with Crippen LogP contribution in [-0.4, -0.2) is 18.2 Å². The van der Waals surface area contributed by atoms with Crippen LogP contribution in [0.15, 0.2) is 22.6 Å². The number of hydrogen-bond acceptors (Lipinski definition) is 1. The topological polar surface area (TPSA) is 50.7 Å². The number of rotatable bonds is 1. The average molecular weight is 146 g/mol. The molecule has 0 heterocycles. The molecule has 2 N–H and O–H groups in total. The summed E-state index contributed by atoms with van der Waals surface area (Å²) in [6.07, 6.45) is 1.39. The number of aliphatic imine (C=N–C) groups is 2. The Balaban J connectivity index is 4.11. The molecule has 0 bridgehead atoms. The lowest BCUT2D eigenvalue weighted by molar-refractivity contribution is 1.36. The third-order valence-electron chi connectivity index (χ3n) is 0.619. The molecule has 0 aromatic heterocycles. The van der Waals surface area contributed by atoms with Crippen molar-refractivity contribution in [2.24, 2.45) is 15.7 Å². The Kier molecular flexibility index (Phi) is 3.71. The number of hydrogen-bond donors (Lipinski definition) is 1. The number of halogens is 1. The summed E-state index contributed by atoms with van der Waals surface area (Å²) in [6, 6.07) is 0. The summed E-state index contributed by atoms with van der Waals surface area (Å²) >= 11 is 5.41. The first kappa shape index (κ1) is 8.17. The highest BCUT2D eigenvalue weighted by atomic mass is 35.5. The van der Waals surface area contributed by atoms with Gasteiger partial charge in [0, 0.05) is 7.05 Å². The summed E-state index contributed by atoms with van der Waals surface area (Å²) < 4.78 is 0. The monoisotopic (exact) mass is 145 g/mol. The maximum Gasteiger partial charge on any atom is 0.216 e. The van der Waals surface area contributed by atoms with Gasteiger partial charge in [0.05, 0.1) is 0 Å². The molecular formula is C5H8ClN3. The number of nitrogens with zero attached hydrogens (tertiary/aromatic N) is 2. The van der Waals surface area contributed by atoms with Crippen molar-refractivity contribution >= 4 is 22.7 Å². The summed E-state index contributed by atoms with van der Waals surface area (Å²) in [5, 5.41) is 0.248. The molecule has 0 unspecified atom stereocenters. The Morgan fingerprint density at radius 3 is 2.67 bits per heavy atom. The summed E-state index contributed by atoms with van der Waals surface area (Å²) in [6.45, 7) is 3.37. The molecule has 0 aliphatic rings. The predicted octanol–water partition coefficient (Wildman–Crippen LogP) is 0.754. The van der Waals surface area contributed by atoms with Crippen molar-refractivity contribution in [3.05, 3.63) is 12.7 Å². The molecule has 0 atom stereocenters. The average Bonchev–Trinajstić information content (AvgIpc) is 1.87. The van der Waals surface area contributed by atoms with Crippen LogP contribution in [0.5, 0.6) is 0 Å². The first-order valence-electron chi connectivity index (χ1n) is 2.29. The van der Waals surface area contributed by atoms with Gasteiger partial charge in [-0.15, -0.1) is 0 Å². The summed E-state index contributed by atoms with van der Waals surface area (Å²) in [4.78, 5) is 7.16. The molecule has 0 amide bonds. The normalized spacial score (nSPS) is 13.6. The largest absolute Gasteiger partial charge is 0.368 e. The molecule has 0 fully saturated rings. The zero-order valence-electron chi connectivity index (χ0n) is 5.13. The van der Waals surface area contributed by atoms with E-state index in [0.717, 1.165) is 0 Å². The molecule has 4 heteroatoms. The van der Waals surface area contributed by atoms with E-state index in [2.05, 4.69) is 16.6 Å². The van der Waals surface area contributed by atoms with Crippen LogP contribution in [0.3, 0.4) is 0 Å². The lowest BCUT2D eigenvalue weighted by Gasteiger charge is -1.87. The molecule has 50 valence electrons. The third-order valence-corrected chi connectivity index (χ3v) is 0.858. The zero-order chi connectivity index (χ0) is 7.28. The lowest BCUT2D eigenvalue weighted by atomic mass is 10.7. The van der Waals surface area contributed by atoms with Gasteiger partial charge in [0.25, 0.3) is 0 Å². The van der Waals surface area contributed by atoms with Crippen LogP contribution in [0.4, 0.5) is 0 Å². The minimum Gasteiger partial charge on any atom is -0.368 e. The Morgan fingerprint density at radius 2 is 2.33 bits per heavy atom. The van der Waals surface area contributed by atoms with Gasteiger partial charge >= 0.3 is 0 Å². The summed E-state index contributed by atoms with van der Waals surface area (Å²) in [5.74, 6) is 0.153. The molecule has 0 aliphatic heterocycles. The standard InChI is InChI=1S/C5H8ClN3/c1-3-4(6)9-5(7)8-2/h3H,1H2,2H3,(H2,7,8)/b9-4+. The molecule has 0 aromatic carbocycles. The van der Waals surface area contributed by atoms with E-state index in [9.17, 15) is 0 Å². The molecule has 0 aromatic rings. The van der Waals surface area contributed by atoms with Gasteiger partial charge < -0.3 is 5.73 Å². The first-order valence-corrected chi connectivity index (χ1v) is 2.67. The molecule has 0 saturated carbocycles. The second kappa shape index (κ2) is 4.09. The second-order valence-corrected chi connectivity index (χ2v) is 1.61. The van der Waals surface area contributed by atoms with E-state index in [0.29, 0.717) is 0 Å². The van der Waals surface area contributed by atoms with E-state index in [4.69, 9.17) is 17.3 Å². The zero-order valence-corrected chi connectivity index (χ0v) is 5.89. The van der Waals surface area contributed by atoms with Gasteiger partial charge in [-0.05, 0) is 6.08 Å². The molecule has 0 radical (unpaired) electrons. The number of nitrogens with two attached hydrogens (primary N) is 1. The quantitative estimate of drug-likeness (QED) is 0.430. The van der Waals surface area contributed by atoms with E-state index >= 15 is 0 Å². The predicted molar refractivity (Wildman–Crippen MR) is 41.0 cm³/mol. The van der Waals surface area contributed by atoms with Crippen LogP contribution < -0.4 is 5.73 Å². The highest BCUT2D eigenvalue weighted by Gasteiger charge is 1.85. The lowest BCUT2D eigenvalue weighted by Crippen LogP contribution is -2.08. The van der Waals surface area contributed by atoms with Crippen molar-refractivity contribution in [3.8, 4) is 0 Å². The second-order valence-electron chi connectivity index (χ2n) is 1.22. The Bertz CT molecular complexity index is 160. The van der Waals surface area contributed by atoms with Crippen molar-refractivity contribution in [2.75, 3.05) is 7.05 Å². The minimum atomic E-state index is 0.153. The molecule has 0 aliphatic carbocycles. The van der Waals surface area contributed by atoms with Crippen LogP contribution in [-0.2, 0) is 0 Å². The van der Waals surface area contributed by atoms with Crippen molar-refractivity contribution < 1.29 is 0 Å². The summed E-state index contributed by atoms with van der Waals surface area (Å²) in [5.41, 5.74) is 5.18.